The molecule has 0 spiro atoms. The molecule has 0 aliphatic carbocycles. The van der Waals surface area contributed by atoms with Gasteiger partial charge in [-0.05, 0) is 24.7 Å². The number of aliphatic hydroxyl groups is 1. The molecule has 0 bridgehead atoms. The van der Waals surface area contributed by atoms with E-state index < -0.39 is 0 Å². The molecule has 0 radical (unpaired) electrons. The van der Waals surface area contributed by atoms with Crippen molar-refractivity contribution in [2.75, 3.05) is 31.5 Å². The molecule has 4 heteroatoms. The molecular formula is C8H18O2S2. The smallest absolute Gasteiger partial charge is 0.105 e. The van der Waals surface area contributed by atoms with Crippen LogP contribution in [-0.2, 0) is 4.74 Å². The molecule has 0 aromatic carbocycles. The zero-order valence-corrected chi connectivity index (χ0v) is 9.42. The van der Waals surface area contributed by atoms with Crippen molar-refractivity contribution in [2.45, 2.75) is 18.3 Å². The van der Waals surface area contributed by atoms with Crippen LogP contribution in [0.25, 0.3) is 0 Å². The lowest BCUT2D eigenvalue weighted by Gasteiger charge is -2.13. The summed E-state index contributed by atoms with van der Waals surface area (Å²) in [4.78, 5) is 0. The summed E-state index contributed by atoms with van der Waals surface area (Å²) in [6.45, 7) is 1.03. The van der Waals surface area contributed by atoms with Crippen LogP contribution in [-0.4, -0.2) is 42.0 Å². The Labute approximate surface area is 83.4 Å². The molecule has 0 heterocycles. The molecule has 0 saturated heterocycles. The van der Waals surface area contributed by atoms with Crippen LogP contribution in [0.3, 0.4) is 0 Å². The number of aliphatic hydroxyl groups excluding tert-OH is 1. The van der Waals surface area contributed by atoms with Gasteiger partial charge < -0.3 is 9.84 Å². The molecule has 1 unspecified atom stereocenters. The Hall–Kier alpha value is 0.620. The van der Waals surface area contributed by atoms with Gasteiger partial charge in [0.1, 0.15) is 5.44 Å². The minimum absolute atomic E-state index is 0.178. The zero-order valence-electron chi connectivity index (χ0n) is 7.78. The lowest BCUT2D eigenvalue weighted by molar-refractivity contribution is 0.0936. The van der Waals surface area contributed by atoms with Crippen molar-refractivity contribution in [2.24, 2.45) is 0 Å². The van der Waals surface area contributed by atoms with E-state index in [0.717, 1.165) is 25.2 Å². The molecule has 0 saturated carbocycles. The molecule has 0 rings (SSSR count). The molecule has 12 heavy (non-hydrogen) atoms. The van der Waals surface area contributed by atoms with Crippen molar-refractivity contribution in [1.82, 2.24) is 0 Å². The van der Waals surface area contributed by atoms with Crippen LogP contribution in [0, 0.1) is 0 Å². The third-order valence-electron chi connectivity index (χ3n) is 1.42. The Morgan fingerprint density at radius 3 is 2.67 bits per heavy atom. The van der Waals surface area contributed by atoms with Crippen LogP contribution in [0.4, 0.5) is 0 Å². The normalized spacial score (nSPS) is 13.2. The van der Waals surface area contributed by atoms with Gasteiger partial charge in [-0.3, -0.25) is 0 Å². The van der Waals surface area contributed by atoms with Gasteiger partial charge >= 0.3 is 0 Å². The van der Waals surface area contributed by atoms with Crippen molar-refractivity contribution in [3.05, 3.63) is 0 Å². The third kappa shape index (κ3) is 7.28. The van der Waals surface area contributed by atoms with Gasteiger partial charge in [0.15, 0.2) is 0 Å². The van der Waals surface area contributed by atoms with Crippen LogP contribution in [0.5, 0.6) is 0 Å². The minimum Gasteiger partial charge on any atom is -0.396 e. The first kappa shape index (κ1) is 12.6. The van der Waals surface area contributed by atoms with Crippen LogP contribution < -0.4 is 0 Å². The number of ether oxygens (including phenoxy) is 1. The van der Waals surface area contributed by atoms with Gasteiger partial charge in [0.2, 0.25) is 0 Å². The van der Waals surface area contributed by atoms with E-state index in [-0.39, 0.29) is 12.0 Å². The van der Waals surface area contributed by atoms with Gasteiger partial charge in [-0.15, -0.1) is 11.8 Å². The van der Waals surface area contributed by atoms with E-state index in [1.165, 1.54) is 0 Å². The fourth-order valence-electron chi connectivity index (χ4n) is 0.793. The largest absolute Gasteiger partial charge is 0.396 e. The van der Waals surface area contributed by atoms with Gasteiger partial charge in [-0.2, -0.15) is 11.8 Å². The van der Waals surface area contributed by atoms with Crippen molar-refractivity contribution in [3.63, 3.8) is 0 Å². The van der Waals surface area contributed by atoms with Crippen LogP contribution in [0.2, 0.25) is 0 Å². The van der Waals surface area contributed by atoms with Gasteiger partial charge in [-0.1, -0.05) is 0 Å². The molecule has 1 N–H and O–H groups in total. The van der Waals surface area contributed by atoms with E-state index in [1.807, 2.05) is 18.0 Å². The molecule has 74 valence electrons. The maximum Gasteiger partial charge on any atom is 0.105 e. The first-order valence-corrected chi connectivity index (χ1v) is 6.77. The summed E-state index contributed by atoms with van der Waals surface area (Å²) >= 11 is 3.50. The topological polar surface area (TPSA) is 29.5 Å². The van der Waals surface area contributed by atoms with Crippen LogP contribution in [0.15, 0.2) is 0 Å². The first-order valence-electron chi connectivity index (χ1n) is 4.09. The highest BCUT2D eigenvalue weighted by molar-refractivity contribution is 7.99. The van der Waals surface area contributed by atoms with E-state index in [4.69, 9.17) is 9.84 Å². The monoisotopic (exact) mass is 210 g/mol. The fourth-order valence-corrected chi connectivity index (χ4v) is 1.77. The number of rotatable bonds is 8. The van der Waals surface area contributed by atoms with Gasteiger partial charge in [0, 0.05) is 19.6 Å². The summed E-state index contributed by atoms with van der Waals surface area (Å²) in [5.74, 6) is 1.15. The summed E-state index contributed by atoms with van der Waals surface area (Å²) in [6, 6.07) is 0. The summed E-state index contributed by atoms with van der Waals surface area (Å²) in [5, 5.41) is 8.67. The second-order valence-corrected chi connectivity index (χ2v) is 4.38. The fraction of sp³-hybridized carbons (Fsp3) is 1.00. The predicted molar refractivity (Wildman–Crippen MR) is 58.0 cm³/mol. The molecule has 0 fully saturated rings. The van der Waals surface area contributed by atoms with E-state index in [9.17, 15) is 0 Å². The second-order valence-electron chi connectivity index (χ2n) is 2.39. The average Bonchev–Trinajstić information content (AvgIpc) is 2.10. The van der Waals surface area contributed by atoms with E-state index in [1.54, 1.807) is 11.8 Å². The highest BCUT2D eigenvalue weighted by Crippen LogP contribution is 2.12. The van der Waals surface area contributed by atoms with Gasteiger partial charge in [-0.25, -0.2) is 0 Å². The van der Waals surface area contributed by atoms with Crippen LogP contribution in [0.1, 0.15) is 12.8 Å². The molecule has 0 aliphatic heterocycles. The summed E-state index contributed by atoms with van der Waals surface area (Å²) in [5.41, 5.74) is 0.178. The molecule has 0 aliphatic rings. The van der Waals surface area contributed by atoms with Gasteiger partial charge in [0.05, 0.1) is 0 Å². The Kier molecular flexibility index (Phi) is 10.2. The molecular weight excluding hydrogens is 192 g/mol. The maximum absolute atomic E-state index is 8.67. The van der Waals surface area contributed by atoms with Gasteiger partial charge in [0.25, 0.3) is 0 Å². The Morgan fingerprint density at radius 2 is 2.17 bits per heavy atom. The van der Waals surface area contributed by atoms with Crippen LogP contribution >= 0.6 is 23.5 Å². The minimum atomic E-state index is 0.178. The lowest BCUT2D eigenvalue weighted by Crippen LogP contribution is -2.11. The Bertz CT molecular complexity index is 91.1. The summed E-state index contributed by atoms with van der Waals surface area (Å²) in [6.07, 6.45) is 5.94. The van der Waals surface area contributed by atoms with Crippen molar-refractivity contribution < 1.29 is 9.84 Å². The highest BCUT2D eigenvalue weighted by atomic mass is 32.2. The summed E-state index contributed by atoms with van der Waals surface area (Å²) < 4.78 is 5.52. The average molecular weight is 210 g/mol. The van der Waals surface area contributed by atoms with E-state index in [0.29, 0.717) is 0 Å². The van der Waals surface area contributed by atoms with E-state index in [2.05, 4.69) is 6.26 Å². The summed E-state index contributed by atoms with van der Waals surface area (Å²) in [7, 11) is 0. The van der Waals surface area contributed by atoms with Crippen molar-refractivity contribution in [3.8, 4) is 0 Å². The maximum atomic E-state index is 8.67. The Morgan fingerprint density at radius 1 is 1.42 bits per heavy atom. The third-order valence-corrected chi connectivity index (χ3v) is 3.02. The molecule has 2 nitrogen and oxygen atoms in total. The van der Waals surface area contributed by atoms with Crippen molar-refractivity contribution in [1.29, 1.82) is 0 Å². The van der Waals surface area contributed by atoms with E-state index >= 15 is 0 Å². The van der Waals surface area contributed by atoms with Crippen molar-refractivity contribution >= 4 is 23.5 Å². The highest BCUT2D eigenvalue weighted by Gasteiger charge is 2.04. The lowest BCUT2D eigenvalue weighted by atomic mass is 10.5. The SMILES string of the molecule is CSCCCOC(CCO)SC. The molecule has 0 amide bonds. The molecule has 0 aromatic rings. The quantitative estimate of drug-likeness (QED) is 0.489. The number of hydrogen-bond acceptors (Lipinski definition) is 4. The Balaban J connectivity index is 3.19. The number of thioether (sulfide) groups is 2. The molecule has 0 aromatic heterocycles. The predicted octanol–water partition coefficient (Wildman–Crippen LogP) is 1.83. The number of hydrogen-bond donors (Lipinski definition) is 1. The zero-order chi connectivity index (χ0) is 9.23. The second kappa shape index (κ2) is 9.71. The molecule has 1 atom stereocenters. The standard InChI is InChI=1S/C8H18O2S2/c1-11-7-3-6-10-8(12-2)4-5-9/h8-9H,3-7H2,1-2H3. The first-order chi connectivity index (χ1) is 5.85.